The van der Waals surface area contributed by atoms with E-state index >= 15 is 0 Å². The van der Waals surface area contributed by atoms with Crippen molar-refractivity contribution in [2.75, 3.05) is 7.11 Å². The Hall–Kier alpha value is -2.08. The van der Waals surface area contributed by atoms with Gasteiger partial charge in [-0.3, -0.25) is 9.59 Å². The molecule has 290 valence electrons. The van der Waals surface area contributed by atoms with Gasteiger partial charge in [-0.2, -0.15) is 0 Å². The number of esters is 1. The largest absolute Gasteiger partial charge is 0.469 e. The first-order valence-electron chi connectivity index (χ1n) is 19.2. The number of carbonyl (C=O) groups is 2. The zero-order chi connectivity index (χ0) is 39.3. The van der Waals surface area contributed by atoms with Crippen LogP contribution in [0.4, 0.5) is 0 Å². The minimum absolute atomic E-state index is 0.00147. The van der Waals surface area contributed by atoms with Gasteiger partial charge in [-0.1, -0.05) is 94.4 Å². The number of methoxy groups -OCH3 is 1. The summed E-state index contributed by atoms with van der Waals surface area (Å²) in [5.41, 5.74) is 2.63. The van der Waals surface area contributed by atoms with Crippen LogP contribution in [-0.2, 0) is 30.2 Å². The predicted octanol–water partition coefficient (Wildman–Crippen LogP) is 11.3. The Kier molecular flexibility index (Phi) is 15.4. The Labute approximate surface area is 314 Å². The number of imidazole rings is 1. The number of aromatic nitrogens is 2. The number of rotatable bonds is 18. The van der Waals surface area contributed by atoms with E-state index in [9.17, 15) is 9.59 Å². The highest BCUT2D eigenvalue weighted by Crippen LogP contribution is 2.44. The van der Waals surface area contributed by atoms with Crippen molar-refractivity contribution >= 4 is 39.4 Å². The quantitative estimate of drug-likeness (QED) is 0.0655. The molecule has 0 bridgehead atoms. The lowest BCUT2D eigenvalue weighted by atomic mass is 9.73. The summed E-state index contributed by atoms with van der Waals surface area (Å²) in [6.07, 6.45) is 7.78. The summed E-state index contributed by atoms with van der Waals surface area (Å²) in [5, 5.41) is -0.0737. The molecule has 7 nitrogen and oxygen atoms in total. The van der Waals surface area contributed by atoms with E-state index in [1.807, 2.05) is 27.7 Å². The van der Waals surface area contributed by atoms with Gasteiger partial charge in [-0.05, 0) is 98.4 Å². The van der Waals surface area contributed by atoms with Gasteiger partial charge in [0.2, 0.25) is 0 Å². The summed E-state index contributed by atoms with van der Waals surface area (Å²) in [5.74, 6) is 0.967. The fraction of sp³-hybridized carbons (Fsp3) is 0.738. The van der Waals surface area contributed by atoms with Crippen molar-refractivity contribution in [3.63, 3.8) is 0 Å². The number of nitrogens with zero attached hydrogens (tertiary/aromatic N) is 2. The van der Waals surface area contributed by atoms with E-state index in [0.29, 0.717) is 5.92 Å². The van der Waals surface area contributed by atoms with Crippen molar-refractivity contribution in [2.24, 2.45) is 24.3 Å². The number of Topliss-reactive ketones (excluding diaryl/α,β-unsaturated/α-hetero) is 1. The third-order valence-corrected chi connectivity index (χ3v) is 21.3. The number of hydrogen-bond donors (Lipinski definition) is 0. The van der Waals surface area contributed by atoms with Crippen LogP contribution in [-0.4, -0.2) is 57.3 Å². The summed E-state index contributed by atoms with van der Waals surface area (Å²) < 4.78 is 21.2. The first kappa shape index (κ1) is 45.1. The molecule has 0 fully saturated rings. The normalized spacial score (nSPS) is 16.7. The molecule has 0 saturated carbocycles. The molecule has 0 aliphatic carbocycles. The Bertz CT molecular complexity index is 1490. The Morgan fingerprint density at radius 2 is 1.47 bits per heavy atom. The van der Waals surface area contributed by atoms with Crippen molar-refractivity contribution < 1.29 is 23.2 Å². The van der Waals surface area contributed by atoms with Gasteiger partial charge in [-0.15, -0.1) is 0 Å². The molecule has 1 aromatic carbocycles. The van der Waals surface area contributed by atoms with E-state index in [4.69, 9.17) is 18.6 Å². The van der Waals surface area contributed by atoms with Crippen molar-refractivity contribution in [3.8, 4) is 0 Å². The zero-order valence-electron chi connectivity index (χ0n) is 35.7. The van der Waals surface area contributed by atoms with Crippen LogP contribution in [0.2, 0.25) is 36.3 Å². The zero-order valence-corrected chi connectivity index (χ0v) is 37.7. The van der Waals surface area contributed by atoms with Gasteiger partial charge in [0, 0.05) is 18.4 Å². The highest BCUT2D eigenvalue weighted by molar-refractivity contribution is 6.74. The van der Waals surface area contributed by atoms with Crippen LogP contribution in [0, 0.1) is 24.2 Å². The predicted molar refractivity (Wildman–Crippen MR) is 219 cm³/mol. The minimum atomic E-state index is -2.31. The van der Waals surface area contributed by atoms with Crippen LogP contribution >= 0.6 is 0 Å². The van der Waals surface area contributed by atoms with Crippen LogP contribution in [0.25, 0.3) is 11.0 Å². The number of fused-ring (bicyclic) bond motifs is 1. The summed E-state index contributed by atoms with van der Waals surface area (Å²) in [7, 11) is -1.07. The molecule has 1 aromatic heterocycles. The molecule has 51 heavy (non-hydrogen) atoms. The molecule has 5 atom stereocenters. The number of ketones is 1. The Morgan fingerprint density at radius 3 is 2.02 bits per heavy atom. The highest BCUT2D eigenvalue weighted by atomic mass is 28.4. The number of ether oxygens (including phenoxy) is 1. The first-order valence-corrected chi connectivity index (χ1v) is 25.0. The number of benzene rings is 1. The van der Waals surface area contributed by atoms with Crippen molar-refractivity contribution in [1.82, 2.24) is 9.55 Å². The molecule has 0 saturated heterocycles. The maximum Gasteiger partial charge on any atom is 0.308 e. The number of aryl methyl sites for hydroxylation is 2. The number of hydrogen-bond acceptors (Lipinski definition) is 6. The van der Waals surface area contributed by atoms with Crippen molar-refractivity contribution in [2.45, 2.75) is 170 Å². The number of unbranched alkanes of at least 4 members (excludes halogenated alkanes) is 1. The number of allylic oxidation sites excluding steroid dienone is 2. The molecule has 0 amide bonds. The van der Waals surface area contributed by atoms with Crippen LogP contribution in [0.5, 0.6) is 0 Å². The van der Waals surface area contributed by atoms with Crippen molar-refractivity contribution in [3.05, 3.63) is 41.7 Å². The monoisotopic (exact) mass is 743 g/mol. The van der Waals surface area contributed by atoms with E-state index in [-0.39, 0.29) is 46.2 Å². The van der Waals surface area contributed by atoms with Gasteiger partial charge >= 0.3 is 5.97 Å². The lowest BCUT2D eigenvalue weighted by Crippen LogP contribution is -2.54. The van der Waals surface area contributed by atoms with Gasteiger partial charge in [0.05, 0.1) is 36.8 Å². The molecule has 1 heterocycles. The summed E-state index contributed by atoms with van der Waals surface area (Å²) >= 11 is 0. The molecule has 0 N–H and O–H groups in total. The van der Waals surface area contributed by atoms with Crippen LogP contribution in [0.15, 0.2) is 30.4 Å². The summed E-state index contributed by atoms with van der Waals surface area (Å²) in [4.78, 5) is 32.1. The van der Waals surface area contributed by atoms with E-state index in [2.05, 4.69) is 124 Å². The molecule has 0 aliphatic heterocycles. The number of carbonyl (C=O) groups excluding carboxylic acids is 2. The standard InChI is InChI=1S/C42H74N2O5Si2/c1-29(33-25-26-35-34(27-33)43-32(4)44(35)13)23-21-19-20-22-24-30(2)38(49-51(17,18)41(8,9)10)31(3)39(46)42(11,12)36(28-37(45)47-14)48-50(15,16)40(5,6)7/h19,21,25-27,29-31,36,38H,20,22-24,28H2,1-18H3/b21-19+/t29-,30-,31+,36-,38-/m0/s1. The molecule has 2 aromatic rings. The van der Waals surface area contributed by atoms with E-state index in [1.165, 1.54) is 18.2 Å². The second kappa shape index (κ2) is 17.4. The third-order valence-electron chi connectivity index (χ3n) is 12.4. The smallest absolute Gasteiger partial charge is 0.308 e. The van der Waals surface area contributed by atoms with Crippen LogP contribution < -0.4 is 0 Å². The van der Waals surface area contributed by atoms with Gasteiger partial charge in [0.25, 0.3) is 0 Å². The summed E-state index contributed by atoms with van der Waals surface area (Å²) in [6, 6.07) is 6.64. The fourth-order valence-electron chi connectivity index (χ4n) is 6.25. The molecular weight excluding hydrogens is 669 g/mol. The maximum atomic E-state index is 14.7. The SMILES string of the molecule is COC(=O)C[C@H](O[Si](C)(C)C(C)(C)C)C(C)(C)C(=O)[C@H](C)[C@@H](O[Si](C)(C)C(C)(C)C)[C@@H](C)CCC/C=C/C[C@H](C)c1ccc2c(c1)nc(C)n2C. The first-order chi connectivity index (χ1) is 23.2. The highest BCUT2D eigenvalue weighted by Gasteiger charge is 2.50. The minimum Gasteiger partial charge on any atom is -0.469 e. The average Bonchev–Trinajstić information content (AvgIpc) is 3.30. The molecular formula is C42H74N2O5Si2. The van der Waals surface area contributed by atoms with Gasteiger partial charge in [0.15, 0.2) is 16.6 Å². The molecule has 0 aliphatic rings. The maximum absolute atomic E-state index is 14.7. The van der Waals surface area contributed by atoms with Gasteiger partial charge < -0.3 is 18.2 Å². The van der Waals surface area contributed by atoms with Gasteiger partial charge in [-0.25, -0.2) is 4.98 Å². The van der Waals surface area contributed by atoms with E-state index in [1.54, 1.807) is 0 Å². The topological polar surface area (TPSA) is 79.7 Å². The van der Waals surface area contributed by atoms with Crippen LogP contribution in [0.1, 0.15) is 126 Å². The van der Waals surface area contributed by atoms with Gasteiger partial charge in [0.1, 0.15) is 11.6 Å². The molecule has 0 unspecified atom stereocenters. The average molecular weight is 743 g/mol. The lowest BCUT2D eigenvalue weighted by molar-refractivity contribution is -0.148. The summed E-state index contributed by atoms with van der Waals surface area (Å²) in [6.45, 7) is 34.6. The van der Waals surface area contributed by atoms with Crippen LogP contribution in [0.3, 0.4) is 0 Å². The fourth-order valence-corrected chi connectivity index (χ4v) is 9.17. The van der Waals surface area contributed by atoms with E-state index < -0.39 is 28.2 Å². The molecule has 0 radical (unpaired) electrons. The molecule has 2 rings (SSSR count). The second-order valence-corrected chi connectivity index (χ2v) is 28.4. The van der Waals surface area contributed by atoms with Crippen molar-refractivity contribution in [1.29, 1.82) is 0 Å². The van der Waals surface area contributed by atoms with E-state index in [0.717, 1.165) is 37.0 Å². The third kappa shape index (κ3) is 11.5. The molecule has 0 spiro atoms. The second-order valence-electron chi connectivity index (χ2n) is 18.8. The Morgan fingerprint density at radius 1 is 0.902 bits per heavy atom. The molecule has 9 heteroatoms. The lowest BCUT2D eigenvalue weighted by Gasteiger charge is -2.46. The Balaban J connectivity index is 2.22.